The van der Waals surface area contributed by atoms with Crippen molar-refractivity contribution in [1.29, 1.82) is 0 Å². The summed E-state index contributed by atoms with van der Waals surface area (Å²) in [6, 6.07) is -0.313. The average molecular weight is 241 g/mol. The second-order valence-electron chi connectivity index (χ2n) is 4.88. The standard InChI is InChI=1S/C12H23N3O2/c1-5-7-16-8-9(13)10-14-11(17-15-10)12(3,4)6-2/h9H,5-8,13H2,1-4H3. The highest BCUT2D eigenvalue weighted by atomic mass is 16.5. The van der Waals surface area contributed by atoms with E-state index in [1.54, 1.807) is 0 Å². The maximum Gasteiger partial charge on any atom is 0.232 e. The summed E-state index contributed by atoms with van der Waals surface area (Å²) >= 11 is 0. The van der Waals surface area contributed by atoms with Crippen molar-refractivity contribution in [2.75, 3.05) is 13.2 Å². The van der Waals surface area contributed by atoms with Crippen LogP contribution in [0.4, 0.5) is 0 Å². The molecule has 5 nitrogen and oxygen atoms in total. The minimum absolute atomic E-state index is 0.102. The van der Waals surface area contributed by atoms with Crippen molar-refractivity contribution < 1.29 is 9.26 Å². The van der Waals surface area contributed by atoms with Gasteiger partial charge in [0, 0.05) is 12.0 Å². The smallest absolute Gasteiger partial charge is 0.232 e. The van der Waals surface area contributed by atoms with Gasteiger partial charge in [0.15, 0.2) is 5.82 Å². The Balaban J connectivity index is 2.61. The molecule has 0 aliphatic heterocycles. The fourth-order valence-corrected chi connectivity index (χ4v) is 1.24. The van der Waals surface area contributed by atoms with Crippen molar-refractivity contribution in [2.45, 2.75) is 52.0 Å². The second kappa shape index (κ2) is 6.12. The van der Waals surface area contributed by atoms with Gasteiger partial charge in [-0.3, -0.25) is 0 Å². The Morgan fingerprint density at radius 3 is 2.71 bits per heavy atom. The summed E-state index contributed by atoms with van der Waals surface area (Å²) in [5, 5.41) is 3.92. The molecule has 0 spiro atoms. The molecule has 5 heteroatoms. The molecular weight excluding hydrogens is 218 g/mol. The molecular formula is C12H23N3O2. The molecule has 17 heavy (non-hydrogen) atoms. The SMILES string of the molecule is CCCOCC(N)c1noc(C(C)(C)CC)n1. The fourth-order valence-electron chi connectivity index (χ4n) is 1.24. The van der Waals surface area contributed by atoms with Crippen molar-refractivity contribution >= 4 is 0 Å². The Morgan fingerprint density at radius 1 is 1.41 bits per heavy atom. The van der Waals surface area contributed by atoms with Crippen molar-refractivity contribution in [2.24, 2.45) is 5.73 Å². The number of hydrogen-bond donors (Lipinski definition) is 1. The zero-order valence-electron chi connectivity index (χ0n) is 11.2. The van der Waals surface area contributed by atoms with Crippen molar-refractivity contribution in [1.82, 2.24) is 10.1 Å². The molecule has 0 saturated carbocycles. The minimum Gasteiger partial charge on any atom is -0.379 e. The Bertz CT molecular complexity index is 336. The molecule has 0 amide bonds. The normalized spacial score (nSPS) is 13.9. The summed E-state index contributed by atoms with van der Waals surface area (Å²) < 4.78 is 10.6. The third-order valence-electron chi connectivity index (χ3n) is 2.88. The summed E-state index contributed by atoms with van der Waals surface area (Å²) in [5.41, 5.74) is 5.82. The molecule has 0 aromatic carbocycles. The topological polar surface area (TPSA) is 74.2 Å². The van der Waals surface area contributed by atoms with Crippen molar-refractivity contribution in [3.63, 3.8) is 0 Å². The van der Waals surface area contributed by atoms with E-state index in [-0.39, 0.29) is 11.5 Å². The van der Waals surface area contributed by atoms with Crippen LogP contribution >= 0.6 is 0 Å². The summed E-state index contributed by atoms with van der Waals surface area (Å²) in [5.74, 6) is 1.17. The number of rotatable bonds is 7. The summed E-state index contributed by atoms with van der Waals surface area (Å²) in [6.45, 7) is 9.43. The van der Waals surface area contributed by atoms with Crippen LogP contribution in [0.1, 0.15) is 58.3 Å². The fraction of sp³-hybridized carbons (Fsp3) is 0.833. The highest BCUT2D eigenvalue weighted by molar-refractivity contribution is 5.02. The Hall–Kier alpha value is -0.940. The quantitative estimate of drug-likeness (QED) is 0.741. The molecule has 98 valence electrons. The van der Waals surface area contributed by atoms with E-state index < -0.39 is 0 Å². The average Bonchev–Trinajstić information content (AvgIpc) is 2.79. The summed E-state index contributed by atoms with van der Waals surface area (Å²) in [6.07, 6.45) is 1.92. The van der Waals surface area contributed by atoms with Gasteiger partial charge >= 0.3 is 0 Å². The molecule has 2 N–H and O–H groups in total. The van der Waals surface area contributed by atoms with E-state index in [1.165, 1.54) is 0 Å². The number of nitrogens with two attached hydrogens (primary N) is 1. The maximum absolute atomic E-state index is 5.92. The van der Waals surface area contributed by atoms with Gasteiger partial charge < -0.3 is 15.0 Å². The Morgan fingerprint density at radius 2 is 2.12 bits per heavy atom. The molecule has 1 aromatic rings. The first-order chi connectivity index (χ1) is 8.01. The molecule has 1 atom stereocenters. The zero-order chi connectivity index (χ0) is 12.9. The van der Waals surface area contributed by atoms with Gasteiger partial charge in [0.05, 0.1) is 12.6 Å². The molecule has 1 aromatic heterocycles. The highest BCUT2D eigenvalue weighted by Crippen LogP contribution is 2.25. The van der Waals surface area contributed by atoms with E-state index in [2.05, 4.69) is 37.8 Å². The third-order valence-corrected chi connectivity index (χ3v) is 2.88. The van der Waals surface area contributed by atoms with Crippen LogP contribution in [-0.4, -0.2) is 23.4 Å². The van der Waals surface area contributed by atoms with E-state index in [0.29, 0.717) is 24.9 Å². The zero-order valence-corrected chi connectivity index (χ0v) is 11.2. The number of ether oxygens (including phenoxy) is 1. The van der Waals surface area contributed by atoms with Crippen LogP contribution in [0.15, 0.2) is 4.52 Å². The van der Waals surface area contributed by atoms with E-state index in [0.717, 1.165) is 12.8 Å². The van der Waals surface area contributed by atoms with Gasteiger partial charge in [-0.2, -0.15) is 4.98 Å². The maximum atomic E-state index is 5.92. The first kappa shape index (κ1) is 14.1. The molecule has 0 fully saturated rings. The first-order valence-corrected chi connectivity index (χ1v) is 6.18. The molecule has 0 bridgehead atoms. The van der Waals surface area contributed by atoms with Crippen molar-refractivity contribution in [3.8, 4) is 0 Å². The first-order valence-electron chi connectivity index (χ1n) is 6.18. The lowest BCUT2D eigenvalue weighted by atomic mass is 9.90. The lowest BCUT2D eigenvalue weighted by Crippen LogP contribution is -2.20. The van der Waals surface area contributed by atoms with Gasteiger partial charge in [0.1, 0.15) is 0 Å². The van der Waals surface area contributed by atoms with E-state index >= 15 is 0 Å². The van der Waals surface area contributed by atoms with Gasteiger partial charge in [0.2, 0.25) is 5.89 Å². The second-order valence-corrected chi connectivity index (χ2v) is 4.88. The molecule has 1 heterocycles. The van der Waals surface area contributed by atoms with Gasteiger partial charge in [-0.1, -0.05) is 32.9 Å². The van der Waals surface area contributed by atoms with E-state index in [9.17, 15) is 0 Å². The lowest BCUT2D eigenvalue weighted by Gasteiger charge is -2.16. The minimum atomic E-state index is -0.313. The highest BCUT2D eigenvalue weighted by Gasteiger charge is 2.26. The van der Waals surface area contributed by atoms with Crippen LogP contribution in [0.2, 0.25) is 0 Å². The predicted molar refractivity (Wildman–Crippen MR) is 65.7 cm³/mol. The van der Waals surface area contributed by atoms with Crippen LogP contribution in [-0.2, 0) is 10.2 Å². The summed E-state index contributed by atoms with van der Waals surface area (Å²) in [7, 11) is 0. The van der Waals surface area contributed by atoms with Gasteiger partial charge in [0.25, 0.3) is 0 Å². The molecule has 1 rings (SSSR count). The van der Waals surface area contributed by atoms with Gasteiger partial charge in [-0.15, -0.1) is 0 Å². The van der Waals surface area contributed by atoms with Crippen LogP contribution in [0.5, 0.6) is 0 Å². The lowest BCUT2D eigenvalue weighted by molar-refractivity contribution is 0.119. The number of aromatic nitrogens is 2. The number of hydrogen-bond acceptors (Lipinski definition) is 5. The van der Waals surface area contributed by atoms with Crippen LogP contribution in [0.25, 0.3) is 0 Å². The molecule has 0 saturated heterocycles. The third kappa shape index (κ3) is 3.78. The number of nitrogens with zero attached hydrogens (tertiary/aromatic N) is 2. The Labute approximate surface area is 103 Å². The molecule has 0 radical (unpaired) electrons. The molecule has 1 unspecified atom stereocenters. The predicted octanol–water partition coefficient (Wildman–Crippen LogP) is 2.18. The molecule has 0 aliphatic carbocycles. The van der Waals surface area contributed by atoms with Crippen LogP contribution in [0, 0.1) is 0 Å². The monoisotopic (exact) mass is 241 g/mol. The van der Waals surface area contributed by atoms with E-state index in [4.69, 9.17) is 15.0 Å². The van der Waals surface area contributed by atoms with Crippen LogP contribution in [0.3, 0.4) is 0 Å². The Kier molecular flexibility index (Phi) is 5.08. The van der Waals surface area contributed by atoms with E-state index in [1.807, 2.05) is 0 Å². The van der Waals surface area contributed by atoms with Crippen LogP contribution < -0.4 is 5.73 Å². The van der Waals surface area contributed by atoms with Gasteiger partial charge in [-0.05, 0) is 12.8 Å². The summed E-state index contributed by atoms with van der Waals surface area (Å²) in [4.78, 5) is 4.35. The van der Waals surface area contributed by atoms with Crippen molar-refractivity contribution in [3.05, 3.63) is 11.7 Å². The largest absolute Gasteiger partial charge is 0.379 e. The molecule has 0 aliphatic rings. The van der Waals surface area contributed by atoms with Gasteiger partial charge in [-0.25, -0.2) is 0 Å².